The summed E-state index contributed by atoms with van der Waals surface area (Å²) in [6.45, 7) is 0.457. The first-order valence-corrected chi connectivity index (χ1v) is 6.64. The van der Waals surface area contributed by atoms with Crippen molar-refractivity contribution in [3.8, 4) is 0 Å². The van der Waals surface area contributed by atoms with Gasteiger partial charge in [-0.25, -0.2) is 9.48 Å². The smallest absolute Gasteiger partial charge is 0.337 e. The molecule has 7 heteroatoms. The van der Waals surface area contributed by atoms with E-state index in [9.17, 15) is 9.90 Å². The minimum Gasteiger partial charge on any atom is -0.478 e. The van der Waals surface area contributed by atoms with Gasteiger partial charge in [0.2, 0.25) is 0 Å². The molecular formula is C12H8ClN3O2S. The minimum absolute atomic E-state index is 0.199. The van der Waals surface area contributed by atoms with E-state index in [0.29, 0.717) is 21.9 Å². The van der Waals surface area contributed by atoms with Crippen LogP contribution in [-0.4, -0.2) is 26.1 Å². The van der Waals surface area contributed by atoms with Gasteiger partial charge in [0.15, 0.2) is 0 Å². The van der Waals surface area contributed by atoms with Crippen LogP contribution < -0.4 is 0 Å². The van der Waals surface area contributed by atoms with E-state index in [1.165, 1.54) is 11.3 Å². The van der Waals surface area contributed by atoms with Crippen LogP contribution in [-0.2, 0) is 6.54 Å². The molecule has 0 amide bonds. The molecule has 19 heavy (non-hydrogen) atoms. The molecule has 0 aliphatic heterocycles. The number of aromatic carboxylic acids is 1. The average Bonchev–Trinajstić information content (AvgIpc) is 2.97. The van der Waals surface area contributed by atoms with Crippen molar-refractivity contribution in [1.29, 1.82) is 0 Å². The standard InChI is InChI=1S/C12H8ClN3O2S/c13-10-5-4-7(19-10)6-16-11-8(12(17)18)2-1-3-9(11)14-15-16/h1-5H,6H2,(H,17,18). The van der Waals surface area contributed by atoms with Crippen molar-refractivity contribution in [3.63, 3.8) is 0 Å². The maximum absolute atomic E-state index is 11.2. The van der Waals surface area contributed by atoms with Crippen molar-refractivity contribution in [1.82, 2.24) is 15.0 Å². The highest BCUT2D eigenvalue weighted by Crippen LogP contribution is 2.24. The first-order valence-electron chi connectivity index (χ1n) is 5.45. The lowest BCUT2D eigenvalue weighted by atomic mass is 10.2. The third-order valence-electron chi connectivity index (χ3n) is 2.70. The number of fused-ring (bicyclic) bond motifs is 1. The summed E-state index contributed by atoms with van der Waals surface area (Å²) in [5, 5.41) is 17.2. The number of aromatic nitrogens is 3. The molecule has 0 aliphatic rings. The van der Waals surface area contributed by atoms with Gasteiger partial charge in [0.25, 0.3) is 0 Å². The van der Waals surface area contributed by atoms with Gasteiger partial charge in [0.05, 0.1) is 16.4 Å². The second-order valence-electron chi connectivity index (χ2n) is 3.93. The summed E-state index contributed by atoms with van der Waals surface area (Å²) in [4.78, 5) is 12.2. The second-order valence-corrected chi connectivity index (χ2v) is 5.73. The maximum Gasteiger partial charge on any atom is 0.337 e. The van der Waals surface area contributed by atoms with E-state index in [0.717, 1.165) is 4.88 Å². The fourth-order valence-electron chi connectivity index (χ4n) is 1.90. The van der Waals surface area contributed by atoms with Crippen molar-refractivity contribution in [3.05, 3.63) is 45.1 Å². The summed E-state index contributed by atoms with van der Waals surface area (Å²) >= 11 is 7.32. The Morgan fingerprint density at radius 1 is 1.37 bits per heavy atom. The number of nitrogens with zero attached hydrogens (tertiary/aromatic N) is 3. The molecule has 0 unspecified atom stereocenters. The number of hydrogen-bond acceptors (Lipinski definition) is 4. The zero-order chi connectivity index (χ0) is 13.4. The quantitative estimate of drug-likeness (QED) is 0.806. The highest BCUT2D eigenvalue weighted by molar-refractivity contribution is 7.16. The molecule has 0 aliphatic carbocycles. The molecule has 0 saturated carbocycles. The van der Waals surface area contributed by atoms with Crippen LogP contribution >= 0.6 is 22.9 Å². The summed E-state index contributed by atoms with van der Waals surface area (Å²) in [5.41, 5.74) is 1.30. The lowest BCUT2D eigenvalue weighted by Crippen LogP contribution is -2.05. The summed E-state index contributed by atoms with van der Waals surface area (Å²) < 4.78 is 2.28. The van der Waals surface area contributed by atoms with E-state index >= 15 is 0 Å². The Morgan fingerprint density at radius 3 is 2.89 bits per heavy atom. The molecule has 3 aromatic rings. The van der Waals surface area contributed by atoms with Crippen LogP contribution in [0.5, 0.6) is 0 Å². The van der Waals surface area contributed by atoms with Crippen LogP contribution in [0.3, 0.4) is 0 Å². The lowest BCUT2D eigenvalue weighted by Gasteiger charge is -2.02. The van der Waals surface area contributed by atoms with Gasteiger partial charge in [-0.3, -0.25) is 0 Å². The molecule has 0 saturated heterocycles. The van der Waals surface area contributed by atoms with Crippen LogP contribution in [0.25, 0.3) is 11.0 Å². The molecule has 0 fully saturated rings. The molecule has 3 rings (SSSR count). The minimum atomic E-state index is -0.988. The normalized spacial score (nSPS) is 11.0. The fraction of sp³-hybridized carbons (Fsp3) is 0.0833. The van der Waals surface area contributed by atoms with Gasteiger partial charge in [-0.15, -0.1) is 16.4 Å². The lowest BCUT2D eigenvalue weighted by molar-refractivity contribution is 0.0698. The Bertz CT molecular complexity index is 765. The molecular weight excluding hydrogens is 286 g/mol. The summed E-state index contributed by atoms with van der Waals surface area (Å²) in [5.74, 6) is -0.988. The molecule has 1 N–H and O–H groups in total. The van der Waals surface area contributed by atoms with Crippen LogP contribution in [0.4, 0.5) is 0 Å². The van der Waals surface area contributed by atoms with Gasteiger partial charge in [-0.1, -0.05) is 22.9 Å². The van der Waals surface area contributed by atoms with Gasteiger partial charge >= 0.3 is 5.97 Å². The van der Waals surface area contributed by atoms with Gasteiger partial charge in [0, 0.05) is 4.88 Å². The third kappa shape index (κ3) is 2.20. The van der Waals surface area contributed by atoms with Crippen LogP contribution in [0.15, 0.2) is 30.3 Å². The van der Waals surface area contributed by atoms with E-state index in [2.05, 4.69) is 10.3 Å². The van der Waals surface area contributed by atoms with Gasteiger partial charge in [-0.2, -0.15) is 0 Å². The predicted octanol–water partition coefficient (Wildman–Crippen LogP) is 2.89. The number of para-hydroxylation sites is 1. The van der Waals surface area contributed by atoms with E-state index < -0.39 is 5.97 Å². The van der Waals surface area contributed by atoms with E-state index in [-0.39, 0.29) is 5.56 Å². The molecule has 96 valence electrons. The second kappa shape index (κ2) is 4.64. The molecule has 5 nitrogen and oxygen atoms in total. The zero-order valence-electron chi connectivity index (χ0n) is 9.58. The number of carboxylic acid groups (broad SMARTS) is 1. The van der Waals surface area contributed by atoms with Crippen LogP contribution in [0, 0.1) is 0 Å². The topological polar surface area (TPSA) is 68.0 Å². The van der Waals surface area contributed by atoms with Gasteiger partial charge in [-0.05, 0) is 24.3 Å². The highest BCUT2D eigenvalue weighted by Gasteiger charge is 2.15. The molecule has 2 aromatic heterocycles. The summed E-state index contributed by atoms with van der Waals surface area (Å²) in [6.07, 6.45) is 0. The number of halogens is 1. The van der Waals surface area contributed by atoms with Crippen LogP contribution in [0.2, 0.25) is 4.34 Å². The van der Waals surface area contributed by atoms with Crippen LogP contribution in [0.1, 0.15) is 15.2 Å². The van der Waals surface area contributed by atoms with Crippen molar-refractivity contribution >= 4 is 39.9 Å². The number of thiophene rings is 1. The Kier molecular flexibility index (Phi) is 2.96. The van der Waals surface area contributed by atoms with E-state index in [4.69, 9.17) is 11.6 Å². The first kappa shape index (κ1) is 12.1. The number of benzene rings is 1. The SMILES string of the molecule is O=C(O)c1cccc2nnn(Cc3ccc(Cl)s3)c12. The third-order valence-corrected chi connectivity index (χ3v) is 3.91. The Labute approximate surface area is 117 Å². The number of rotatable bonds is 3. The van der Waals surface area contributed by atoms with E-state index in [1.807, 2.05) is 6.07 Å². The number of carbonyl (C=O) groups is 1. The summed E-state index contributed by atoms with van der Waals surface area (Å²) in [7, 11) is 0. The molecule has 2 heterocycles. The average molecular weight is 294 g/mol. The van der Waals surface area contributed by atoms with Crippen molar-refractivity contribution < 1.29 is 9.90 Å². The maximum atomic E-state index is 11.2. The van der Waals surface area contributed by atoms with Crippen molar-refractivity contribution in [2.75, 3.05) is 0 Å². The first-order chi connectivity index (χ1) is 9.15. The Hall–Kier alpha value is -1.92. The highest BCUT2D eigenvalue weighted by atomic mass is 35.5. The van der Waals surface area contributed by atoms with Crippen molar-refractivity contribution in [2.45, 2.75) is 6.54 Å². The number of hydrogen-bond donors (Lipinski definition) is 1. The molecule has 0 radical (unpaired) electrons. The molecule has 0 bridgehead atoms. The van der Waals surface area contributed by atoms with Crippen molar-refractivity contribution in [2.24, 2.45) is 0 Å². The summed E-state index contributed by atoms with van der Waals surface area (Å²) in [6, 6.07) is 8.65. The van der Waals surface area contributed by atoms with E-state index in [1.54, 1.807) is 28.9 Å². The van der Waals surface area contributed by atoms with Gasteiger partial charge in [0.1, 0.15) is 11.0 Å². The largest absolute Gasteiger partial charge is 0.478 e. The fourth-order valence-corrected chi connectivity index (χ4v) is 2.97. The predicted molar refractivity (Wildman–Crippen MR) is 72.9 cm³/mol. The zero-order valence-corrected chi connectivity index (χ0v) is 11.1. The molecule has 0 spiro atoms. The molecule has 0 atom stereocenters. The van der Waals surface area contributed by atoms with Gasteiger partial charge < -0.3 is 5.11 Å². The number of carboxylic acids is 1. The Morgan fingerprint density at radius 2 is 2.21 bits per heavy atom. The monoisotopic (exact) mass is 293 g/mol. The molecule has 1 aromatic carbocycles. The Balaban J connectivity index is 2.11.